The smallest absolute Gasteiger partial charge is 0.311 e. The van der Waals surface area contributed by atoms with E-state index in [4.69, 9.17) is 4.74 Å². The van der Waals surface area contributed by atoms with Crippen LogP contribution in [-0.4, -0.2) is 51.5 Å². The molecule has 7 heteroatoms. The number of aliphatic carboxylic acids is 1. The van der Waals surface area contributed by atoms with Gasteiger partial charge in [0.25, 0.3) is 0 Å². The fraction of sp³-hybridized carbons (Fsp3) is 0.500. The molecule has 1 aromatic rings. The molecule has 0 spiro atoms. The Morgan fingerprint density at radius 1 is 1.33 bits per heavy atom. The predicted molar refractivity (Wildman–Crippen MR) is 78.3 cm³/mol. The van der Waals surface area contributed by atoms with Gasteiger partial charge in [-0.05, 0) is 31.2 Å². The Bertz CT molecular complexity index is 611. The van der Waals surface area contributed by atoms with Gasteiger partial charge in [-0.1, -0.05) is 0 Å². The highest BCUT2D eigenvalue weighted by Crippen LogP contribution is 2.26. The summed E-state index contributed by atoms with van der Waals surface area (Å²) in [4.78, 5) is 13.5. The second kappa shape index (κ2) is 6.03. The summed E-state index contributed by atoms with van der Waals surface area (Å²) >= 11 is 0. The van der Waals surface area contributed by atoms with Crippen molar-refractivity contribution in [3.8, 4) is 0 Å². The van der Waals surface area contributed by atoms with Gasteiger partial charge in [-0.15, -0.1) is 0 Å². The number of ether oxygens (including phenoxy) is 1. The molecule has 0 aromatic heterocycles. The summed E-state index contributed by atoms with van der Waals surface area (Å²) in [6.45, 7) is 3.12. The van der Waals surface area contributed by atoms with Crippen LogP contribution >= 0.6 is 0 Å². The van der Waals surface area contributed by atoms with Crippen LogP contribution in [0.15, 0.2) is 29.2 Å². The maximum absolute atomic E-state index is 11.5. The molecule has 1 heterocycles. The summed E-state index contributed by atoms with van der Waals surface area (Å²) in [6, 6.07) is 6.25. The monoisotopic (exact) mass is 313 g/mol. The number of likely N-dealkylation sites (N-methyl/N-ethyl adjacent to an activating group) is 1. The summed E-state index contributed by atoms with van der Waals surface area (Å²) in [5, 5.41) is 9.24. The van der Waals surface area contributed by atoms with E-state index in [-0.39, 0.29) is 17.5 Å². The Morgan fingerprint density at radius 2 is 1.95 bits per heavy atom. The summed E-state index contributed by atoms with van der Waals surface area (Å²) in [5.41, 5.74) is 0.798. The minimum atomic E-state index is -3.23. The topological polar surface area (TPSA) is 83.9 Å². The summed E-state index contributed by atoms with van der Waals surface area (Å²) < 4.78 is 28.2. The maximum atomic E-state index is 11.5. The molecule has 1 aromatic carbocycles. The SMILES string of the molecule is CCN(c1ccc(S(C)(=O)=O)cc1)C1COCC1C(=O)O. The molecule has 6 nitrogen and oxygen atoms in total. The van der Waals surface area contributed by atoms with E-state index in [2.05, 4.69) is 0 Å². The molecular formula is C14H19NO5S. The maximum Gasteiger partial charge on any atom is 0.311 e. The van der Waals surface area contributed by atoms with E-state index < -0.39 is 21.7 Å². The number of carbonyl (C=O) groups is 1. The van der Waals surface area contributed by atoms with Gasteiger partial charge in [-0.2, -0.15) is 0 Å². The molecule has 1 aliphatic rings. The van der Waals surface area contributed by atoms with Crippen molar-refractivity contribution in [1.82, 2.24) is 0 Å². The van der Waals surface area contributed by atoms with Crippen molar-refractivity contribution in [3.05, 3.63) is 24.3 Å². The van der Waals surface area contributed by atoms with E-state index >= 15 is 0 Å². The van der Waals surface area contributed by atoms with Crippen molar-refractivity contribution in [2.24, 2.45) is 5.92 Å². The second-order valence-electron chi connectivity index (χ2n) is 5.10. The first-order valence-electron chi connectivity index (χ1n) is 6.72. The highest BCUT2D eigenvalue weighted by atomic mass is 32.2. The number of anilines is 1. The molecule has 0 radical (unpaired) electrons. The van der Waals surface area contributed by atoms with Gasteiger partial charge in [0.2, 0.25) is 0 Å². The van der Waals surface area contributed by atoms with Gasteiger partial charge in [0.1, 0.15) is 5.92 Å². The van der Waals surface area contributed by atoms with Gasteiger partial charge >= 0.3 is 5.97 Å². The van der Waals surface area contributed by atoms with Crippen LogP contribution < -0.4 is 4.90 Å². The van der Waals surface area contributed by atoms with E-state index in [1.807, 2.05) is 11.8 Å². The first-order chi connectivity index (χ1) is 9.84. The highest BCUT2D eigenvalue weighted by molar-refractivity contribution is 7.90. The molecule has 1 N–H and O–H groups in total. The first-order valence-corrected chi connectivity index (χ1v) is 8.61. The van der Waals surface area contributed by atoms with Gasteiger partial charge in [-0.3, -0.25) is 4.79 Å². The molecule has 21 heavy (non-hydrogen) atoms. The summed E-state index contributed by atoms with van der Waals surface area (Å²) in [7, 11) is -3.23. The number of carboxylic acid groups (broad SMARTS) is 1. The fourth-order valence-electron chi connectivity index (χ4n) is 2.58. The molecular weight excluding hydrogens is 294 g/mol. The Labute approximate surface area is 124 Å². The minimum Gasteiger partial charge on any atom is -0.481 e. The molecule has 0 bridgehead atoms. The van der Waals surface area contributed by atoms with Crippen LogP contribution in [0.4, 0.5) is 5.69 Å². The lowest BCUT2D eigenvalue weighted by Crippen LogP contribution is -2.43. The van der Waals surface area contributed by atoms with E-state index in [9.17, 15) is 18.3 Å². The third-order valence-corrected chi connectivity index (χ3v) is 4.83. The Kier molecular flexibility index (Phi) is 4.53. The molecule has 2 rings (SSSR count). The van der Waals surface area contributed by atoms with Crippen molar-refractivity contribution in [3.63, 3.8) is 0 Å². The van der Waals surface area contributed by atoms with Crippen molar-refractivity contribution in [2.75, 3.05) is 30.9 Å². The third-order valence-electron chi connectivity index (χ3n) is 3.71. The normalized spacial score (nSPS) is 22.2. The molecule has 0 amide bonds. The predicted octanol–water partition coefficient (Wildman–Crippen LogP) is 1.02. The second-order valence-corrected chi connectivity index (χ2v) is 7.12. The number of benzene rings is 1. The third kappa shape index (κ3) is 3.36. The Morgan fingerprint density at radius 3 is 2.43 bits per heavy atom. The summed E-state index contributed by atoms with van der Waals surface area (Å²) in [6.07, 6.45) is 1.16. The molecule has 2 unspecified atom stereocenters. The van der Waals surface area contributed by atoms with Gasteiger partial charge in [0.15, 0.2) is 9.84 Å². The van der Waals surface area contributed by atoms with Crippen molar-refractivity contribution in [2.45, 2.75) is 17.9 Å². The van der Waals surface area contributed by atoms with Crippen molar-refractivity contribution >= 4 is 21.5 Å². The fourth-order valence-corrected chi connectivity index (χ4v) is 3.21. The molecule has 116 valence electrons. The molecule has 1 fully saturated rings. The Balaban J connectivity index is 2.27. The number of sulfone groups is 1. The molecule has 1 aliphatic heterocycles. The van der Waals surface area contributed by atoms with E-state index in [1.165, 1.54) is 0 Å². The van der Waals surface area contributed by atoms with Crippen LogP contribution in [0.3, 0.4) is 0 Å². The summed E-state index contributed by atoms with van der Waals surface area (Å²) in [5.74, 6) is -1.44. The van der Waals surface area contributed by atoms with Gasteiger partial charge < -0.3 is 14.7 Å². The van der Waals surface area contributed by atoms with Crippen LogP contribution in [0.2, 0.25) is 0 Å². The van der Waals surface area contributed by atoms with E-state index in [1.54, 1.807) is 24.3 Å². The molecule has 1 saturated heterocycles. The van der Waals surface area contributed by atoms with Crippen molar-refractivity contribution < 1.29 is 23.1 Å². The van der Waals surface area contributed by atoms with Crippen LogP contribution in [0.5, 0.6) is 0 Å². The van der Waals surface area contributed by atoms with Gasteiger partial charge in [-0.25, -0.2) is 8.42 Å². The standard InChI is InChI=1S/C14H19NO5S/c1-3-15(13-9-20-8-12(13)14(16)17)10-4-6-11(7-5-10)21(2,18)19/h4-7,12-13H,3,8-9H2,1-2H3,(H,16,17). The minimum absolute atomic E-state index is 0.206. The van der Waals surface area contributed by atoms with Gasteiger partial charge in [0.05, 0.1) is 24.2 Å². The van der Waals surface area contributed by atoms with E-state index in [0.29, 0.717) is 13.2 Å². The molecule has 0 aliphatic carbocycles. The lowest BCUT2D eigenvalue weighted by Gasteiger charge is -2.31. The zero-order valence-electron chi connectivity index (χ0n) is 12.0. The average Bonchev–Trinajstić information content (AvgIpc) is 2.88. The lowest BCUT2D eigenvalue weighted by atomic mass is 10.0. The lowest BCUT2D eigenvalue weighted by molar-refractivity contribution is -0.141. The zero-order valence-corrected chi connectivity index (χ0v) is 12.8. The number of nitrogens with zero attached hydrogens (tertiary/aromatic N) is 1. The van der Waals surface area contributed by atoms with Crippen LogP contribution in [0.25, 0.3) is 0 Å². The molecule has 2 atom stereocenters. The Hall–Kier alpha value is -1.60. The number of carboxylic acids is 1. The molecule has 0 saturated carbocycles. The number of rotatable bonds is 5. The number of hydrogen-bond donors (Lipinski definition) is 1. The zero-order chi connectivity index (χ0) is 15.6. The largest absolute Gasteiger partial charge is 0.481 e. The van der Waals surface area contributed by atoms with Gasteiger partial charge in [0, 0.05) is 18.5 Å². The highest BCUT2D eigenvalue weighted by Gasteiger charge is 2.37. The average molecular weight is 313 g/mol. The number of hydrogen-bond acceptors (Lipinski definition) is 5. The van der Waals surface area contributed by atoms with Crippen LogP contribution in [0.1, 0.15) is 6.92 Å². The quantitative estimate of drug-likeness (QED) is 0.873. The van der Waals surface area contributed by atoms with Crippen LogP contribution in [-0.2, 0) is 19.4 Å². The van der Waals surface area contributed by atoms with Crippen molar-refractivity contribution in [1.29, 1.82) is 0 Å². The van der Waals surface area contributed by atoms with Crippen LogP contribution in [0, 0.1) is 5.92 Å². The first kappa shape index (κ1) is 15.8. The van der Waals surface area contributed by atoms with E-state index in [0.717, 1.165) is 11.9 Å².